The van der Waals surface area contributed by atoms with E-state index in [9.17, 15) is 32.0 Å². The number of carbonyl (C=O) groups is 1. The zero-order valence-corrected chi connectivity index (χ0v) is 24.3. The molecule has 42 heavy (non-hydrogen) atoms. The van der Waals surface area contributed by atoms with Gasteiger partial charge in [-0.05, 0) is 55.7 Å². The smallest absolute Gasteiger partial charge is 0.394 e. The molecule has 0 radical (unpaired) electrons. The van der Waals surface area contributed by atoms with Gasteiger partial charge in [-0.15, -0.1) is 0 Å². The summed E-state index contributed by atoms with van der Waals surface area (Å²) in [5.74, 6) is -2.08. The summed E-state index contributed by atoms with van der Waals surface area (Å²) in [6, 6.07) is 5.72. The van der Waals surface area contributed by atoms with Crippen molar-refractivity contribution in [1.29, 1.82) is 5.26 Å². The first kappa shape index (κ1) is 34.8. The van der Waals surface area contributed by atoms with Crippen molar-refractivity contribution in [3.05, 3.63) is 41.2 Å². The van der Waals surface area contributed by atoms with Gasteiger partial charge < -0.3 is 10.1 Å². The Kier molecular flexibility index (Phi) is 11.7. The van der Waals surface area contributed by atoms with Crippen LogP contribution in [-0.2, 0) is 24.4 Å². The van der Waals surface area contributed by atoms with Gasteiger partial charge in [-0.3, -0.25) is 9.36 Å². The first-order chi connectivity index (χ1) is 19.5. The Hall–Kier alpha value is -3.41. The van der Waals surface area contributed by atoms with Gasteiger partial charge in [0.25, 0.3) is 5.91 Å². The molecule has 1 aliphatic rings. The van der Waals surface area contributed by atoms with Crippen molar-refractivity contribution in [3.63, 3.8) is 0 Å². The zero-order valence-electron chi connectivity index (χ0n) is 23.5. The van der Waals surface area contributed by atoms with Crippen LogP contribution in [-0.4, -0.2) is 43.2 Å². The van der Waals surface area contributed by atoms with E-state index >= 15 is 4.39 Å². The van der Waals surface area contributed by atoms with E-state index in [2.05, 4.69) is 28.0 Å². The Morgan fingerprint density at radius 1 is 1.26 bits per heavy atom. The lowest BCUT2D eigenvalue weighted by Gasteiger charge is -2.33. The predicted molar refractivity (Wildman–Crippen MR) is 140 cm³/mol. The number of nitrogens with one attached hydrogen (secondary N) is 1. The largest absolute Gasteiger partial charge is 0.433 e. The average Bonchev–Trinajstić information content (AvgIpc) is 3.24. The Labute approximate surface area is 243 Å². The third-order valence-electron chi connectivity index (χ3n) is 7.37. The molecule has 1 heterocycles. The number of hydrogen-bond donors (Lipinski definition) is 1. The highest BCUT2D eigenvalue weighted by Crippen LogP contribution is 2.41. The van der Waals surface area contributed by atoms with E-state index in [0.29, 0.717) is 18.8 Å². The van der Waals surface area contributed by atoms with Gasteiger partial charge in [0.05, 0.1) is 22.6 Å². The van der Waals surface area contributed by atoms with Crippen LogP contribution >= 0.6 is 0 Å². The lowest BCUT2D eigenvalue weighted by molar-refractivity contribution is -0.211. The van der Waals surface area contributed by atoms with E-state index < -0.39 is 64.9 Å². The molecule has 0 saturated heterocycles. The van der Waals surface area contributed by atoms with Crippen molar-refractivity contribution in [3.8, 4) is 17.5 Å². The Morgan fingerprint density at radius 2 is 1.86 bits per heavy atom. The van der Waals surface area contributed by atoms with Gasteiger partial charge in [0, 0.05) is 13.0 Å². The van der Waals surface area contributed by atoms with Gasteiger partial charge in [-0.25, -0.2) is 4.98 Å². The Morgan fingerprint density at radius 3 is 2.36 bits per heavy atom. The molecule has 1 saturated carbocycles. The molecule has 1 fully saturated rings. The zero-order chi connectivity index (χ0) is 31.9. The van der Waals surface area contributed by atoms with E-state index in [-0.39, 0.29) is 30.0 Å². The van der Waals surface area contributed by atoms with Crippen LogP contribution in [0.15, 0.2) is 18.2 Å². The summed E-state index contributed by atoms with van der Waals surface area (Å²) < 4.78 is 104. The number of aryl methyl sites for hydroxylation is 1. The van der Waals surface area contributed by atoms with Crippen molar-refractivity contribution in [2.45, 2.75) is 79.0 Å². The second-order valence-electron chi connectivity index (χ2n) is 10.9. The van der Waals surface area contributed by atoms with Crippen molar-refractivity contribution in [2.75, 3.05) is 6.54 Å². The number of imidazole rings is 1. The summed E-state index contributed by atoms with van der Waals surface area (Å²) in [7, 11) is 0. The van der Waals surface area contributed by atoms with Crippen LogP contribution in [0.4, 0.5) is 26.3 Å². The number of halogens is 6. The number of carbonyl (C=O) groups excluding carboxylic acids is 1. The van der Waals surface area contributed by atoms with Crippen LogP contribution in [0.5, 0.6) is 5.75 Å². The normalized spacial score (nSPS) is 19.0. The second-order valence-corrected chi connectivity index (χ2v) is 11.1. The first-order valence-electron chi connectivity index (χ1n) is 13.1. The standard InChI is InChI=1S/C27H32F6N4O2.O2S/c1-5-20-36-21(23(38)35-15-26(14-34)10-8-16(2)9-11-26)22(28)37(20)18-7-6-17(12-19(18)39-24(29)30)13-25(3,4)27(31,32)33;1-3-2/h6-7,12,16,24H,5,8-11,13,15H2,1-4H3,(H,35,38);. The maximum Gasteiger partial charge on any atom is 0.394 e. The summed E-state index contributed by atoms with van der Waals surface area (Å²) in [4.78, 5) is 17.0. The third-order valence-corrected chi connectivity index (χ3v) is 7.37. The van der Waals surface area contributed by atoms with Crippen LogP contribution in [0.3, 0.4) is 0 Å². The molecule has 1 amide bonds. The minimum atomic E-state index is -4.55. The van der Waals surface area contributed by atoms with Crippen LogP contribution in [0.1, 0.15) is 75.3 Å². The lowest BCUT2D eigenvalue weighted by atomic mass is 9.72. The average molecular weight is 623 g/mol. The number of aromatic nitrogens is 2. The molecule has 232 valence electrons. The Balaban J connectivity index is 0.00000197. The SMILES string of the molecule is CCc1nc(C(=O)NCC2(C#N)CCC(C)CC2)c(F)n1-c1ccc(CC(C)(C)C(F)(F)F)cc1OC(F)F.O=S=O. The highest BCUT2D eigenvalue weighted by Gasteiger charge is 2.47. The van der Waals surface area contributed by atoms with Gasteiger partial charge in [0.1, 0.15) is 5.82 Å². The summed E-state index contributed by atoms with van der Waals surface area (Å²) in [5, 5.41) is 12.3. The molecule has 0 atom stereocenters. The predicted octanol–water partition coefficient (Wildman–Crippen LogP) is 6.09. The molecule has 1 N–H and O–H groups in total. The highest BCUT2D eigenvalue weighted by molar-refractivity contribution is 7.51. The van der Waals surface area contributed by atoms with E-state index in [0.717, 1.165) is 37.3 Å². The fourth-order valence-electron chi connectivity index (χ4n) is 4.70. The molecule has 2 aromatic rings. The van der Waals surface area contributed by atoms with Crippen LogP contribution in [0, 0.1) is 34.0 Å². The molecule has 3 rings (SSSR count). The maximum absolute atomic E-state index is 15.6. The molecular weight excluding hydrogens is 590 g/mol. The number of hydrogen-bond acceptors (Lipinski definition) is 6. The number of amides is 1. The molecule has 15 heteroatoms. The molecule has 1 aliphatic carbocycles. The molecule has 0 unspecified atom stereocenters. The first-order valence-corrected chi connectivity index (χ1v) is 13.7. The van der Waals surface area contributed by atoms with E-state index in [4.69, 9.17) is 8.42 Å². The fraction of sp³-hybridized carbons (Fsp3) is 0.593. The third kappa shape index (κ3) is 8.33. The highest BCUT2D eigenvalue weighted by atomic mass is 32.1. The van der Waals surface area contributed by atoms with Crippen LogP contribution in [0.25, 0.3) is 5.69 Å². The van der Waals surface area contributed by atoms with Crippen LogP contribution in [0.2, 0.25) is 0 Å². The number of nitrogens with zero attached hydrogens (tertiary/aromatic N) is 3. The fourth-order valence-corrected chi connectivity index (χ4v) is 4.70. The summed E-state index contributed by atoms with van der Waals surface area (Å²) in [6.45, 7) is 2.33. The van der Waals surface area contributed by atoms with E-state index in [1.165, 1.54) is 12.1 Å². The summed E-state index contributed by atoms with van der Waals surface area (Å²) in [5.41, 5.74) is -3.70. The molecule has 8 nitrogen and oxygen atoms in total. The monoisotopic (exact) mass is 622 g/mol. The number of nitriles is 1. The molecule has 1 aromatic heterocycles. The lowest BCUT2D eigenvalue weighted by Crippen LogP contribution is -2.39. The van der Waals surface area contributed by atoms with E-state index in [1.54, 1.807) is 6.92 Å². The van der Waals surface area contributed by atoms with Gasteiger partial charge in [-0.2, -0.15) is 40.0 Å². The van der Waals surface area contributed by atoms with Gasteiger partial charge >= 0.3 is 24.4 Å². The maximum atomic E-state index is 15.6. The van der Waals surface area contributed by atoms with Crippen molar-refractivity contribution < 1.29 is 44.3 Å². The quantitative estimate of drug-likeness (QED) is 0.339. The molecule has 0 spiro atoms. The van der Waals surface area contributed by atoms with Crippen molar-refractivity contribution in [2.24, 2.45) is 16.7 Å². The summed E-state index contributed by atoms with van der Waals surface area (Å²) in [6.07, 6.45) is -2.14. The number of alkyl halides is 5. The van der Waals surface area contributed by atoms with E-state index in [1.807, 2.05) is 0 Å². The number of benzene rings is 1. The minimum absolute atomic E-state index is 0.00619. The molecular formula is C27H32F6N4O4S. The molecule has 0 bridgehead atoms. The summed E-state index contributed by atoms with van der Waals surface area (Å²) >= 11 is -0.750. The van der Waals surface area contributed by atoms with Gasteiger partial charge in [0.2, 0.25) is 5.95 Å². The van der Waals surface area contributed by atoms with Crippen molar-refractivity contribution >= 4 is 17.5 Å². The molecule has 0 aliphatic heterocycles. The van der Waals surface area contributed by atoms with Crippen LogP contribution < -0.4 is 10.1 Å². The number of ether oxygens (including phenoxy) is 1. The van der Waals surface area contributed by atoms with Gasteiger partial charge in [-0.1, -0.05) is 33.8 Å². The second kappa shape index (κ2) is 14.2. The van der Waals surface area contributed by atoms with Crippen molar-refractivity contribution in [1.82, 2.24) is 14.9 Å². The van der Waals surface area contributed by atoms with Gasteiger partial charge in [0.15, 0.2) is 11.4 Å². The topological polar surface area (TPSA) is 114 Å². The Bertz CT molecular complexity index is 1330. The molecule has 1 aromatic carbocycles. The number of rotatable bonds is 9. The minimum Gasteiger partial charge on any atom is -0.433 e.